The number of hydrogen-bond acceptors (Lipinski definition) is 1. The number of benzene rings is 8. The van der Waals surface area contributed by atoms with Gasteiger partial charge in [-0.15, -0.1) is 11.8 Å². The van der Waals surface area contributed by atoms with Gasteiger partial charge in [0, 0.05) is 21.4 Å². The van der Waals surface area contributed by atoms with E-state index >= 15 is 0 Å². The summed E-state index contributed by atoms with van der Waals surface area (Å²) in [4.78, 5) is 1.28. The molecule has 242 valence electrons. The highest BCUT2D eigenvalue weighted by Gasteiger charge is 2.20. The van der Waals surface area contributed by atoms with Gasteiger partial charge >= 0.3 is 0 Å². The summed E-state index contributed by atoms with van der Waals surface area (Å²) < 4.78 is 2.46. The second-order valence-electron chi connectivity index (χ2n) is 12.9. The Kier molecular flexibility index (Phi) is 8.08. The molecule has 0 unspecified atom stereocenters. The number of hydrogen-bond donors (Lipinski definition) is 0. The van der Waals surface area contributed by atoms with Gasteiger partial charge in [-0.05, 0) is 98.3 Å². The Morgan fingerprint density at radius 1 is 0.353 bits per heavy atom. The SMILES string of the molecule is CSc1c(-c2ccccc2-c2ccccc2)ccc2c3ccccc3n(-c3ccc(-c4cc(-c5ccccc5)cc(-c5ccccc5)c4)cc3)c12. The van der Waals surface area contributed by atoms with E-state index in [1.165, 1.54) is 82.3 Å². The molecule has 0 aliphatic carbocycles. The summed E-state index contributed by atoms with van der Waals surface area (Å²) in [5, 5.41) is 2.53. The fourth-order valence-corrected chi connectivity index (χ4v) is 8.29. The highest BCUT2D eigenvalue weighted by molar-refractivity contribution is 7.99. The molecule has 0 fully saturated rings. The molecule has 0 N–H and O–H groups in total. The van der Waals surface area contributed by atoms with Crippen LogP contribution < -0.4 is 0 Å². The summed E-state index contributed by atoms with van der Waals surface area (Å²) in [7, 11) is 0. The Morgan fingerprint density at radius 2 is 0.843 bits per heavy atom. The molecule has 9 rings (SSSR count). The normalized spacial score (nSPS) is 11.3. The lowest BCUT2D eigenvalue weighted by Crippen LogP contribution is -1.97. The van der Waals surface area contributed by atoms with Gasteiger partial charge in [0.15, 0.2) is 0 Å². The summed E-state index contributed by atoms with van der Waals surface area (Å²) in [6, 6.07) is 70.4. The summed E-state index contributed by atoms with van der Waals surface area (Å²) in [6.07, 6.45) is 2.21. The Balaban J connectivity index is 1.21. The van der Waals surface area contributed by atoms with E-state index in [0.29, 0.717) is 0 Å². The van der Waals surface area contributed by atoms with E-state index < -0.39 is 0 Å². The number of rotatable bonds is 7. The van der Waals surface area contributed by atoms with Crippen molar-refractivity contribution in [3.63, 3.8) is 0 Å². The molecule has 0 spiro atoms. The minimum atomic E-state index is 1.15. The predicted octanol–water partition coefficient (Wildman–Crippen LogP) is 13.8. The van der Waals surface area contributed by atoms with Crippen molar-refractivity contribution in [2.75, 3.05) is 6.26 Å². The van der Waals surface area contributed by atoms with Crippen LogP contribution in [0.25, 0.3) is 83.1 Å². The van der Waals surface area contributed by atoms with Crippen LogP contribution in [0.4, 0.5) is 0 Å². The fraction of sp³-hybridized carbons (Fsp3) is 0.0204. The predicted molar refractivity (Wildman–Crippen MR) is 220 cm³/mol. The van der Waals surface area contributed by atoms with Crippen molar-refractivity contribution in [3.05, 3.63) is 194 Å². The molecule has 0 bridgehead atoms. The number of aromatic nitrogens is 1. The average Bonchev–Trinajstić information content (AvgIpc) is 3.56. The highest BCUT2D eigenvalue weighted by Crippen LogP contribution is 2.45. The van der Waals surface area contributed by atoms with E-state index in [2.05, 4.69) is 205 Å². The number of thioether (sulfide) groups is 1. The smallest absolute Gasteiger partial charge is 0.0683 e. The monoisotopic (exact) mass is 669 g/mol. The van der Waals surface area contributed by atoms with Crippen LogP contribution in [0, 0.1) is 0 Å². The van der Waals surface area contributed by atoms with E-state index in [4.69, 9.17) is 0 Å². The van der Waals surface area contributed by atoms with Gasteiger partial charge in [-0.1, -0.05) is 158 Å². The standard InChI is InChI=1S/C49H35NS/c1-51-49-46(43-22-12-11-21-42(43)37-19-9-4-10-20-37)30-29-45-44-23-13-14-24-47(44)50(48(45)49)41-27-25-36(26-28-41)40-32-38(34-15-5-2-6-16-34)31-39(33-40)35-17-7-3-8-18-35/h2-33H,1H3. The zero-order valence-corrected chi connectivity index (χ0v) is 29.1. The maximum Gasteiger partial charge on any atom is 0.0683 e. The molecule has 0 amide bonds. The number of fused-ring (bicyclic) bond motifs is 3. The Morgan fingerprint density at radius 3 is 1.43 bits per heavy atom. The summed E-state index contributed by atoms with van der Waals surface area (Å²) in [5.41, 5.74) is 15.8. The zero-order valence-electron chi connectivity index (χ0n) is 28.3. The van der Waals surface area contributed by atoms with E-state index in [0.717, 1.165) is 5.69 Å². The lowest BCUT2D eigenvalue weighted by Gasteiger charge is -2.17. The summed E-state index contributed by atoms with van der Waals surface area (Å²) in [6.45, 7) is 0. The molecule has 2 heteroatoms. The van der Waals surface area contributed by atoms with Crippen LogP contribution in [0.3, 0.4) is 0 Å². The van der Waals surface area contributed by atoms with Crippen LogP contribution in [0.1, 0.15) is 0 Å². The van der Waals surface area contributed by atoms with Crippen molar-refractivity contribution >= 4 is 33.6 Å². The summed E-state index contributed by atoms with van der Waals surface area (Å²) >= 11 is 1.83. The Hall–Kier alpha value is -6.09. The first-order chi connectivity index (χ1) is 25.3. The third-order valence-corrected chi connectivity index (χ3v) is 10.7. The molecular formula is C49H35NS. The molecule has 0 saturated carbocycles. The highest BCUT2D eigenvalue weighted by atomic mass is 32.2. The molecule has 0 saturated heterocycles. The van der Waals surface area contributed by atoms with E-state index in [9.17, 15) is 0 Å². The first-order valence-corrected chi connectivity index (χ1v) is 18.6. The van der Waals surface area contributed by atoms with Gasteiger partial charge in [0.05, 0.1) is 11.0 Å². The Bertz CT molecular complexity index is 2580. The molecule has 51 heavy (non-hydrogen) atoms. The van der Waals surface area contributed by atoms with Crippen LogP contribution >= 0.6 is 11.8 Å². The maximum atomic E-state index is 2.46. The van der Waals surface area contributed by atoms with E-state index in [-0.39, 0.29) is 0 Å². The molecular weight excluding hydrogens is 635 g/mol. The average molecular weight is 670 g/mol. The molecule has 9 aromatic rings. The lowest BCUT2D eigenvalue weighted by atomic mass is 9.93. The van der Waals surface area contributed by atoms with E-state index in [1.54, 1.807) is 0 Å². The van der Waals surface area contributed by atoms with Gasteiger partial charge in [0.2, 0.25) is 0 Å². The quantitative estimate of drug-likeness (QED) is 0.153. The van der Waals surface area contributed by atoms with E-state index in [1.807, 2.05) is 11.8 Å². The molecule has 0 aliphatic heterocycles. The second kappa shape index (κ2) is 13.3. The van der Waals surface area contributed by atoms with Crippen molar-refractivity contribution in [2.45, 2.75) is 4.90 Å². The van der Waals surface area contributed by atoms with Crippen molar-refractivity contribution in [3.8, 4) is 61.3 Å². The van der Waals surface area contributed by atoms with Gasteiger partial charge in [-0.2, -0.15) is 0 Å². The van der Waals surface area contributed by atoms with Gasteiger partial charge in [-0.25, -0.2) is 0 Å². The topological polar surface area (TPSA) is 4.93 Å². The van der Waals surface area contributed by atoms with Crippen molar-refractivity contribution in [2.24, 2.45) is 0 Å². The minimum absolute atomic E-state index is 1.15. The van der Waals surface area contributed by atoms with Crippen LogP contribution in [0.5, 0.6) is 0 Å². The zero-order chi connectivity index (χ0) is 34.1. The minimum Gasteiger partial charge on any atom is -0.308 e. The molecule has 1 aromatic heterocycles. The molecule has 8 aromatic carbocycles. The fourth-order valence-electron chi connectivity index (χ4n) is 7.49. The molecule has 1 heterocycles. The molecule has 0 radical (unpaired) electrons. The maximum absolute atomic E-state index is 2.46. The first kappa shape index (κ1) is 30.9. The van der Waals surface area contributed by atoms with Crippen LogP contribution in [-0.4, -0.2) is 10.8 Å². The van der Waals surface area contributed by atoms with Gasteiger partial charge in [-0.3, -0.25) is 0 Å². The van der Waals surface area contributed by atoms with Gasteiger partial charge in [0.1, 0.15) is 0 Å². The largest absolute Gasteiger partial charge is 0.308 e. The van der Waals surface area contributed by atoms with Crippen LogP contribution in [-0.2, 0) is 0 Å². The lowest BCUT2D eigenvalue weighted by molar-refractivity contribution is 1.16. The van der Waals surface area contributed by atoms with Crippen molar-refractivity contribution in [1.29, 1.82) is 0 Å². The molecule has 1 nitrogen and oxygen atoms in total. The first-order valence-electron chi connectivity index (χ1n) is 17.4. The molecule has 0 aliphatic rings. The Labute approximate surface area is 303 Å². The van der Waals surface area contributed by atoms with Gasteiger partial charge < -0.3 is 4.57 Å². The molecule has 0 atom stereocenters. The third kappa shape index (κ3) is 5.64. The van der Waals surface area contributed by atoms with Crippen molar-refractivity contribution in [1.82, 2.24) is 4.57 Å². The summed E-state index contributed by atoms with van der Waals surface area (Å²) in [5.74, 6) is 0. The van der Waals surface area contributed by atoms with Crippen LogP contribution in [0.15, 0.2) is 199 Å². The third-order valence-electron chi connectivity index (χ3n) is 9.90. The number of para-hydroxylation sites is 1. The second-order valence-corrected chi connectivity index (χ2v) is 13.7. The van der Waals surface area contributed by atoms with Crippen molar-refractivity contribution < 1.29 is 0 Å². The number of nitrogens with zero attached hydrogens (tertiary/aromatic N) is 1. The van der Waals surface area contributed by atoms with Crippen LogP contribution in [0.2, 0.25) is 0 Å². The van der Waals surface area contributed by atoms with Gasteiger partial charge in [0.25, 0.3) is 0 Å².